The van der Waals surface area contributed by atoms with E-state index in [1.54, 1.807) is 13.2 Å². The first-order valence-corrected chi connectivity index (χ1v) is 4.87. The van der Waals surface area contributed by atoms with Gasteiger partial charge < -0.3 is 15.2 Å². The quantitative estimate of drug-likeness (QED) is 0.731. The highest BCUT2D eigenvalue weighted by molar-refractivity contribution is 5.29. The van der Waals surface area contributed by atoms with Gasteiger partial charge in [0.25, 0.3) is 0 Å². The Kier molecular flexibility index (Phi) is 5.07. The zero-order valence-electron chi connectivity index (χ0n) is 8.83. The molecule has 3 nitrogen and oxygen atoms in total. The lowest BCUT2D eigenvalue weighted by Crippen LogP contribution is -2.03. The molecular formula is C11H16FNO2. The minimum absolute atomic E-state index is 0.312. The van der Waals surface area contributed by atoms with Crippen molar-refractivity contribution in [3.05, 3.63) is 29.6 Å². The molecule has 1 aromatic carbocycles. The van der Waals surface area contributed by atoms with Crippen LogP contribution in [0.5, 0.6) is 5.75 Å². The molecule has 0 unspecified atom stereocenters. The van der Waals surface area contributed by atoms with Crippen LogP contribution in [-0.2, 0) is 11.3 Å². The Labute approximate surface area is 89.0 Å². The molecule has 0 aliphatic heterocycles. The van der Waals surface area contributed by atoms with Crippen molar-refractivity contribution in [1.82, 2.24) is 0 Å². The van der Waals surface area contributed by atoms with Crippen molar-refractivity contribution in [3.63, 3.8) is 0 Å². The van der Waals surface area contributed by atoms with Crippen LogP contribution in [0.25, 0.3) is 0 Å². The van der Waals surface area contributed by atoms with Gasteiger partial charge in [-0.05, 0) is 17.7 Å². The standard InChI is InChI=1S/C11H16FNO2/c1-14-3-2-4-15-11-6-9(8-13)5-10(12)7-11/h5-7H,2-4,8,13H2,1H3. The Bertz CT molecular complexity index is 305. The summed E-state index contributed by atoms with van der Waals surface area (Å²) in [5.41, 5.74) is 6.15. The van der Waals surface area contributed by atoms with Crippen molar-refractivity contribution in [1.29, 1.82) is 0 Å². The Morgan fingerprint density at radius 3 is 2.73 bits per heavy atom. The maximum Gasteiger partial charge on any atom is 0.127 e. The molecule has 4 heteroatoms. The fourth-order valence-electron chi connectivity index (χ4n) is 1.22. The number of ether oxygens (including phenoxy) is 2. The first-order chi connectivity index (χ1) is 7.26. The minimum atomic E-state index is -0.320. The summed E-state index contributed by atoms with van der Waals surface area (Å²) in [5, 5.41) is 0. The van der Waals surface area contributed by atoms with E-state index in [0.717, 1.165) is 12.0 Å². The summed E-state index contributed by atoms with van der Waals surface area (Å²) in [6.45, 7) is 1.46. The predicted molar refractivity (Wildman–Crippen MR) is 56.3 cm³/mol. The molecule has 1 rings (SSSR count). The van der Waals surface area contributed by atoms with Gasteiger partial charge in [0, 0.05) is 32.7 Å². The molecule has 0 aliphatic carbocycles. The van der Waals surface area contributed by atoms with Gasteiger partial charge in [0.1, 0.15) is 11.6 Å². The summed E-state index contributed by atoms with van der Waals surface area (Å²) in [6.07, 6.45) is 0.783. The van der Waals surface area contributed by atoms with Gasteiger partial charge in [0.2, 0.25) is 0 Å². The third-order valence-corrected chi connectivity index (χ3v) is 1.93. The lowest BCUT2D eigenvalue weighted by Gasteiger charge is -2.07. The second-order valence-electron chi connectivity index (χ2n) is 3.19. The molecular weight excluding hydrogens is 197 g/mol. The fraction of sp³-hybridized carbons (Fsp3) is 0.455. The summed E-state index contributed by atoms with van der Waals surface area (Å²) in [7, 11) is 1.63. The van der Waals surface area contributed by atoms with Gasteiger partial charge in [-0.2, -0.15) is 0 Å². The Morgan fingerprint density at radius 2 is 2.07 bits per heavy atom. The fourth-order valence-corrected chi connectivity index (χ4v) is 1.22. The van der Waals surface area contributed by atoms with E-state index in [-0.39, 0.29) is 5.82 Å². The van der Waals surface area contributed by atoms with Gasteiger partial charge in [0.05, 0.1) is 6.61 Å². The van der Waals surface area contributed by atoms with Gasteiger partial charge in [-0.25, -0.2) is 4.39 Å². The monoisotopic (exact) mass is 213 g/mol. The smallest absolute Gasteiger partial charge is 0.127 e. The molecule has 0 amide bonds. The van der Waals surface area contributed by atoms with Gasteiger partial charge >= 0.3 is 0 Å². The number of benzene rings is 1. The molecule has 84 valence electrons. The van der Waals surface area contributed by atoms with E-state index >= 15 is 0 Å². The average molecular weight is 213 g/mol. The molecule has 0 fully saturated rings. The van der Waals surface area contributed by atoms with Crippen LogP contribution in [0.3, 0.4) is 0 Å². The minimum Gasteiger partial charge on any atom is -0.493 e. The SMILES string of the molecule is COCCCOc1cc(F)cc(CN)c1. The zero-order valence-corrected chi connectivity index (χ0v) is 8.83. The molecule has 0 spiro atoms. The number of hydrogen-bond acceptors (Lipinski definition) is 3. The molecule has 15 heavy (non-hydrogen) atoms. The van der Waals surface area contributed by atoms with Gasteiger partial charge in [-0.3, -0.25) is 0 Å². The van der Waals surface area contributed by atoms with Crippen molar-refractivity contribution >= 4 is 0 Å². The van der Waals surface area contributed by atoms with Crippen LogP contribution in [0.4, 0.5) is 4.39 Å². The van der Waals surface area contributed by atoms with Crippen LogP contribution in [-0.4, -0.2) is 20.3 Å². The van der Waals surface area contributed by atoms with Crippen LogP contribution in [0.2, 0.25) is 0 Å². The Hall–Kier alpha value is -1.13. The molecule has 0 heterocycles. The molecule has 1 aromatic rings. The van der Waals surface area contributed by atoms with E-state index in [2.05, 4.69) is 0 Å². The topological polar surface area (TPSA) is 44.5 Å². The van der Waals surface area contributed by atoms with Crippen LogP contribution < -0.4 is 10.5 Å². The first kappa shape index (κ1) is 11.9. The second-order valence-corrected chi connectivity index (χ2v) is 3.19. The third-order valence-electron chi connectivity index (χ3n) is 1.93. The zero-order chi connectivity index (χ0) is 11.1. The highest BCUT2D eigenvalue weighted by atomic mass is 19.1. The van der Waals surface area contributed by atoms with Gasteiger partial charge in [-0.1, -0.05) is 0 Å². The lowest BCUT2D eigenvalue weighted by atomic mass is 10.2. The molecule has 0 aromatic heterocycles. The molecule has 2 N–H and O–H groups in total. The summed E-state index contributed by atoms with van der Waals surface area (Å²) >= 11 is 0. The number of nitrogens with two attached hydrogens (primary N) is 1. The average Bonchev–Trinajstić information content (AvgIpc) is 2.23. The molecule has 0 saturated heterocycles. The van der Waals surface area contributed by atoms with Crippen LogP contribution in [0.15, 0.2) is 18.2 Å². The van der Waals surface area contributed by atoms with E-state index in [1.807, 2.05) is 0 Å². The molecule has 0 saturated carbocycles. The van der Waals surface area contributed by atoms with E-state index in [4.69, 9.17) is 15.2 Å². The van der Waals surface area contributed by atoms with Crippen molar-refractivity contribution in [3.8, 4) is 5.75 Å². The third kappa shape index (κ3) is 4.27. The summed E-state index contributed by atoms with van der Waals surface area (Å²) < 4.78 is 23.3. The van der Waals surface area contributed by atoms with Crippen LogP contribution in [0, 0.1) is 5.82 Å². The van der Waals surface area contributed by atoms with Crippen molar-refractivity contribution < 1.29 is 13.9 Å². The molecule has 0 bridgehead atoms. The number of hydrogen-bond donors (Lipinski definition) is 1. The lowest BCUT2D eigenvalue weighted by molar-refractivity contribution is 0.172. The highest BCUT2D eigenvalue weighted by Crippen LogP contribution is 2.16. The Morgan fingerprint density at radius 1 is 1.27 bits per heavy atom. The van der Waals surface area contributed by atoms with Crippen molar-refractivity contribution in [2.75, 3.05) is 20.3 Å². The van der Waals surface area contributed by atoms with E-state index in [1.165, 1.54) is 12.1 Å². The highest BCUT2D eigenvalue weighted by Gasteiger charge is 2.00. The van der Waals surface area contributed by atoms with E-state index in [0.29, 0.717) is 25.5 Å². The van der Waals surface area contributed by atoms with Crippen molar-refractivity contribution in [2.24, 2.45) is 5.73 Å². The predicted octanol–water partition coefficient (Wildman–Crippen LogP) is 1.70. The maximum absolute atomic E-state index is 13.0. The Balaban J connectivity index is 2.49. The normalized spacial score (nSPS) is 10.3. The molecule has 0 aliphatic rings. The van der Waals surface area contributed by atoms with Crippen LogP contribution >= 0.6 is 0 Å². The number of methoxy groups -OCH3 is 1. The van der Waals surface area contributed by atoms with E-state index in [9.17, 15) is 4.39 Å². The molecule has 0 radical (unpaired) electrons. The summed E-state index contributed by atoms with van der Waals surface area (Å²) in [5.74, 6) is 0.200. The van der Waals surface area contributed by atoms with Gasteiger partial charge in [-0.15, -0.1) is 0 Å². The first-order valence-electron chi connectivity index (χ1n) is 4.87. The number of halogens is 1. The molecule has 0 atom stereocenters. The maximum atomic E-state index is 13.0. The summed E-state index contributed by atoms with van der Waals surface area (Å²) in [4.78, 5) is 0. The largest absolute Gasteiger partial charge is 0.493 e. The van der Waals surface area contributed by atoms with E-state index < -0.39 is 0 Å². The number of rotatable bonds is 6. The second kappa shape index (κ2) is 6.37. The van der Waals surface area contributed by atoms with Gasteiger partial charge in [0.15, 0.2) is 0 Å². The van der Waals surface area contributed by atoms with Crippen LogP contribution in [0.1, 0.15) is 12.0 Å². The summed E-state index contributed by atoms with van der Waals surface area (Å²) in [6, 6.07) is 4.50. The van der Waals surface area contributed by atoms with Crippen molar-refractivity contribution in [2.45, 2.75) is 13.0 Å².